The molecule has 19 heavy (non-hydrogen) atoms. The molecule has 2 N–H and O–H groups in total. The van der Waals surface area contributed by atoms with Gasteiger partial charge in [0.05, 0.1) is 7.11 Å². The Morgan fingerprint density at radius 3 is 2.32 bits per heavy atom. The molecule has 0 aliphatic carbocycles. The summed E-state index contributed by atoms with van der Waals surface area (Å²) in [6, 6.07) is 12.6. The van der Waals surface area contributed by atoms with Crippen LogP contribution in [0.15, 0.2) is 36.4 Å². The summed E-state index contributed by atoms with van der Waals surface area (Å²) < 4.78 is 5.46. The number of hydrogen-bond donors (Lipinski definition) is 1. The Morgan fingerprint density at radius 2 is 1.74 bits per heavy atom. The maximum atomic E-state index is 5.97. The minimum Gasteiger partial charge on any atom is -0.496 e. The summed E-state index contributed by atoms with van der Waals surface area (Å²) in [5, 5.41) is 0. The van der Waals surface area contributed by atoms with Gasteiger partial charge in [0.25, 0.3) is 0 Å². The smallest absolute Gasteiger partial charge is 0.126 e. The van der Waals surface area contributed by atoms with Crippen LogP contribution < -0.4 is 10.5 Å². The van der Waals surface area contributed by atoms with Crippen molar-refractivity contribution in [2.75, 3.05) is 7.11 Å². The Bertz CT molecular complexity index is 588. The molecule has 2 aromatic carbocycles. The summed E-state index contributed by atoms with van der Waals surface area (Å²) in [6.45, 7) is 6.24. The van der Waals surface area contributed by atoms with Crippen LogP contribution in [-0.2, 0) is 0 Å². The van der Waals surface area contributed by atoms with Gasteiger partial charge in [-0.15, -0.1) is 0 Å². The van der Waals surface area contributed by atoms with Crippen LogP contribution in [0.1, 0.15) is 29.7 Å². The normalized spacial score (nSPS) is 12.3. The molecule has 2 heteroatoms. The van der Waals surface area contributed by atoms with Gasteiger partial charge in [0, 0.05) is 11.6 Å². The molecule has 1 atom stereocenters. The number of ether oxygens (including phenoxy) is 1. The second-order valence-corrected chi connectivity index (χ2v) is 5.05. The van der Waals surface area contributed by atoms with E-state index >= 15 is 0 Å². The Balaban J connectivity index is 2.58. The zero-order valence-electron chi connectivity index (χ0n) is 12.0. The summed E-state index contributed by atoms with van der Waals surface area (Å²) in [5.74, 6) is 0.882. The first-order valence-corrected chi connectivity index (χ1v) is 6.54. The Labute approximate surface area is 115 Å². The van der Waals surface area contributed by atoms with E-state index in [0.717, 1.165) is 16.9 Å². The summed E-state index contributed by atoms with van der Waals surface area (Å²) in [4.78, 5) is 0. The lowest BCUT2D eigenvalue weighted by molar-refractivity contribution is 0.416. The van der Waals surface area contributed by atoms with E-state index < -0.39 is 0 Å². The van der Waals surface area contributed by atoms with Gasteiger partial charge in [-0.25, -0.2) is 0 Å². The van der Waals surface area contributed by atoms with Crippen LogP contribution in [0.4, 0.5) is 0 Å². The summed E-state index contributed by atoms with van der Waals surface area (Å²) in [5.41, 5.74) is 11.9. The molecule has 1 unspecified atom stereocenters. The molecule has 0 bridgehead atoms. The molecule has 0 spiro atoms. The van der Waals surface area contributed by atoms with E-state index in [1.54, 1.807) is 7.11 Å². The Kier molecular flexibility index (Phi) is 3.91. The molecule has 2 aromatic rings. The van der Waals surface area contributed by atoms with Gasteiger partial charge in [0.1, 0.15) is 5.75 Å². The predicted octanol–water partition coefficient (Wildman–Crippen LogP) is 4.00. The fourth-order valence-corrected chi connectivity index (χ4v) is 2.14. The Hall–Kier alpha value is -1.80. The van der Waals surface area contributed by atoms with E-state index in [0.29, 0.717) is 0 Å². The highest BCUT2D eigenvalue weighted by Gasteiger charge is 2.09. The molecule has 0 radical (unpaired) electrons. The average molecular weight is 255 g/mol. The molecule has 0 aromatic heterocycles. The molecule has 0 saturated heterocycles. The summed E-state index contributed by atoms with van der Waals surface area (Å²) in [7, 11) is 1.70. The van der Waals surface area contributed by atoms with Gasteiger partial charge in [-0.2, -0.15) is 0 Å². The lowest BCUT2D eigenvalue weighted by Crippen LogP contribution is -2.05. The average Bonchev–Trinajstić information content (AvgIpc) is 2.41. The Morgan fingerprint density at radius 1 is 1.00 bits per heavy atom. The van der Waals surface area contributed by atoms with E-state index in [-0.39, 0.29) is 6.04 Å². The van der Waals surface area contributed by atoms with Gasteiger partial charge in [-0.3, -0.25) is 0 Å². The van der Waals surface area contributed by atoms with Crippen LogP contribution in [-0.4, -0.2) is 7.11 Å². The molecular weight excluding hydrogens is 234 g/mol. The molecule has 0 aliphatic heterocycles. The fraction of sp³-hybridized carbons (Fsp3) is 0.294. The molecule has 100 valence electrons. The van der Waals surface area contributed by atoms with Crippen molar-refractivity contribution in [1.82, 2.24) is 0 Å². The van der Waals surface area contributed by atoms with E-state index in [1.807, 2.05) is 19.1 Å². The van der Waals surface area contributed by atoms with E-state index in [4.69, 9.17) is 10.5 Å². The molecule has 2 nitrogen and oxygen atoms in total. The highest BCUT2D eigenvalue weighted by Crippen LogP contribution is 2.33. The van der Waals surface area contributed by atoms with E-state index in [9.17, 15) is 0 Å². The van der Waals surface area contributed by atoms with Gasteiger partial charge >= 0.3 is 0 Å². The van der Waals surface area contributed by atoms with Crippen molar-refractivity contribution in [2.45, 2.75) is 26.8 Å². The maximum absolute atomic E-state index is 5.97. The van der Waals surface area contributed by atoms with Gasteiger partial charge in [-0.1, -0.05) is 24.3 Å². The number of rotatable bonds is 3. The van der Waals surface area contributed by atoms with E-state index in [2.05, 4.69) is 38.1 Å². The topological polar surface area (TPSA) is 35.2 Å². The molecule has 0 heterocycles. The lowest BCUT2D eigenvalue weighted by atomic mass is 9.96. The van der Waals surface area contributed by atoms with Gasteiger partial charge in [0.2, 0.25) is 0 Å². The lowest BCUT2D eigenvalue weighted by Gasteiger charge is -2.14. The fourth-order valence-electron chi connectivity index (χ4n) is 2.14. The predicted molar refractivity (Wildman–Crippen MR) is 80.5 cm³/mol. The van der Waals surface area contributed by atoms with Gasteiger partial charge < -0.3 is 10.5 Å². The monoisotopic (exact) mass is 255 g/mol. The zero-order valence-corrected chi connectivity index (χ0v) is 12.0. The minimum atomic E-state index is 0.0243. The van der Waals surface area contributed by atoms with Crippen molar-refractivity contribution >= 4 is 0 Å². The van der Waals surface area contributed by atoms with Crippen LogP contribution in [0.2, 0.25) is 0 Å². The summed E-state index contributed by atoms with van der Waals surface area (Å²) in [6.07, 6.45) is 0. The SMILES string of the molecule is COc1ccc(C(C)N)cc1-c1ccc(C)c(C)c1. The number of nitrogens with two attached hydrogens (primary N) is 1. The largest absolute Gasteiger partial charge is 0.496 e. The van der Waals surface area contributed by atoms with Crippen molar-refractivity contribution in [1.29, 1.82) is 0 Å². The molecule has 0 fully saturated rings. The van der Waals surface area contributed by atoms with Crippen molar-refractivity contribution in [3.8, 4) is 16.9 Å². The number of hydrogen-bond acceptors (Lipinski definition) is 2. The molecular formula is C17H21NO. The number of methoxy groups -OCH3 is 1. The first-order valence-electron chi connectivity index (χ1n) is 6.54. The second-order valence-electron chi connectivity index (χ2n) is 5.05. The highest BCUT2D eigenvalue weighted by atomic mass is 16.5. The van der Waals surface area contributed by atoms with Crippen molar-refractivity contribution in [3.05, 3.63) is 53.1 Å². The third-order valence-electron chi connectivity index (χ3n) is 3.57. The molecule has 0 aliphatic rings. The van der Waals surface area contributed by atoms with Crippen LogP contribution in [0, 0.1) is 13.8 Å². The number of benzene rings is 2. The molecule has 0 amide bonds. The van der Waals surface area contributed by atoms with Crippen LogP contribution in [0.3, 0.4) is 0 Å². The standard InChI is InChI=1S/C17H21NO/c1-11-5-6-15(9-12(11)2)16-10-14(13(3)18)7-8-17(16)19-4/h5-10,13H,18H2,1-4H3. The highest BCUT2D eigenvalue weighted by molar-refractivity contribution is 5.72. The maximum Gasteiger partial charge on any atom is 0.126 e. The van der Waals surface area contributed by atoms with Crippen molar-refractivity contribution in [2.24, 2.45) is 5.73 Å². The third kappa shape index (κ3) is 2.79. The first-order chi connectivity index (χ1) is 9.02. The molecule has 2 rings (SSSR count). The van der Waals surface area contributed by atoms with Crippen LogP contribution >= 0.6 is 0 Å². The summed E-state index contributed by atoms with van der Waals surface area (Å²) >= 11 is 0. The molecule has 0 saturated carbocycles. The number of aryl methyl sites for hydroxylation is 2. The van der Waals surface area contributed by atoms with Crippen LogP contribution in [0.5, 0.6) is 5.75 Å². The zero-order chi connectivity index (χ0) is 14.0. The second kappa shape index (κ2) is 5.45. The van der Waals surface area contributed by atoms with Crippen LogP contribution in [0.25, 0.3) is 11.1 Å². The van der Waals surface area contributed by atoms with E-state index in [1.165, 1.54) is 16.7 Å². The minimum absolute atomic E-state index is 0.0243. The third-order valence-corrected chi connectivity index (χ3v) is 3.57. The van der Waals surface area contributed by atoms with Gasteiger partial charge in [-0.05, 0) is 55.2 Å². The van der Waals surface area contributed by atoms with Gasteiger partial charge in [0.15, 0.2) is 0 Å². The first kappa shape index (κ1) is 13.6. The van der Waals surface area contributed by atoms with Crippen molar-refractivity contribution in [3.63, 3.8) is 0 Å². The quantitative estimate of drug-likeness (QED) is 0.899. The van der Waals surface area contributed by atoms with Crippen molar-refractivity contribution < 1.29 is 4.74 Å².